The van der Waals surface area contributed by atoms with Crippen molar-refractivity contribution in [3.8, 4) is 22.8 Å². The van der Waals surface area contributed by atoms with E-state index >= 15 is 0 Å². The van der Waals surface area contributed by atoms with Gasteiger partial charge < -0.3 is 14.8 Å². The molecule has 0 aliphatic rings. The van der Waals surface area contributed by atoms with Crippen molar-refractivity contribution in [2.24, 2.45) is 0 Å². The number of carbonyl (C=O) groups is 1. The number of carbonyl (C=O) groups excluding carboxylic acids is 1. The molecule has 0 atom stereocenters. The van der Waals surface area contributed by atoms with Crippen LogP contribution in [-0.2, 0) is 11.3 Å². The van der Waals surface area contributed by atoms with E-state index < -0.39 is 0 Å². The summed E-state index contributed by atoms with van der Waals surface area (Å²) in [4.78, 5) is 24.4. The molecule has 7 heteroatoms. The van der Waals surface area contributed by atoms with Gasteiger partial charge in [-0.15, -0.1) is 0 Å². The second kappa shape index (κ2) is 8.18. The molecule has 0 aliphatic carbocycles. The molecule has 1 heterocycles. The summed E-state index contributed by atoms with van der Waals surface area (Å²) in [6, 6.07) is 17.3. The number of amides is 1. The average Bonchev–Trinajstić information content (AvgIpc) is 2.70. The maximum atomic E-state index is 12.3. The van der Waals surface area contributed by atoms with Gasteiger partial charge >= 0.3 is 0 Å². The Labute approximate surface area is 156 Å². The van der Waals surface area contributed by atoms with Gasteiger partial charge in [0, 0.05) is 17.3 Å². The summed E-state index contributed by atoms with van der Waals surface area (Å²) >= 11 is 0. The molecule has 0 saturated heterocycles. The lowest BCUT2D eigenvalue weighted by Gasteiger charge is -2.10. The molecule has 0 bridgehead atoms. The van der Waals surface area contributed by atoms with Crippen LogP contribution in [0.3, 0.4) is 0 Å². The fourth-order valence-electron chi connectivity index (χ4n) is 2.57. The first kappa shape index (κ1) is 18.2. The minimum Gasteiger partial charge on any atom is -0.497 e. The van der Waals surface area contributed by atoms with E-state index in [0.29, 0.717) is 22.9 Å². The first-order chi connectivity index (χ1) is 13.1. The maximum absolute atomic E-state index is 12.3. The lowest BCUT2D eigenvalue weighted by atomic mass is 10.1. The Kier molecular flexibility index (Phi) is 5.51. The van der Waals surface area contributed by atoms with Crippen LogP contribution >= 0.6 is 0 Å². The zero-order valence-corrected chi connectivity index (χ0v) is 15.0. The van der Waals surface area contributed by atoms with Gasteiger partial charge in [0.25, 0.3) is 5.56 Å². The van der Waals surface area contributed by atoms with Gasteiger partial charge in [0.05, 0.1) is 19.9 Å². The van der Waals surface area contributed by atoms with Crippen LogP contribution in [0.1, 0.15) is 0 Å². The Bertz CT molecular complexity index is 997. The number of benzene rings is 2. The van der Waals surface area contributed by atoms with E-state index in [2.05, 4.69) is 10.4 Å². The Morgan fingerprint density at radius 2 is 1.74 bits per heavy atom. The molecule has 1 amide bonds. The van der Waals surface area contributed by atoms with Crippen molar-refractivity contribution in [3.05, 3.63) is 71.0 Å². The van der Waals surface area contributed by atoms with Crippen LogP contribution in [0.4, 0.5) is 5.69 Å². The lowest BCUT2D eigenvalue weighted by molar-refractivity contribution is -0.117. The van der Waals surface area contributed by atoms with Crippen molar-refractivity contribution in [2.45, 2.75) is 6.54 Å². The molecule has 0 radical (unpaired) electrons. The van der Waals surface area contributed by atoms with Gasteiger partial charge in [-0.2, -0.15) is 5.10 Å². The van der Waals surface area contributed by atoms with E-state index in [-0.39, 0.29) is 18.0 Å². The number of methoxy groups -OCH3 is 2. The molecule has 27 heavy (non-hydrogen) atoms. The summed E-state index contributed by atoms with van der Waals surface area (Å²) in [5.74, 6) is 0.972. The highest BCUT2D eigenvalue weighted by Gasteiger charge is 2.11. The number of rotatable bonds is 6. The second-order valence-corrected chi connectivity index (χ2v) is 5.69. The summed E-state index contributed by atoms with van der Waals surface area (Å²) in [6.45, 7) is -0.201. The topological polar surface area (TPSA) is 82.4 Å². The van der Waals surface area contributed by atoms with Crippen LogP contribution in [0.2, 0.25) is 0 Å². The molecular weight excluding hydrogens is 346 g/mol. The molecule has 7 nitrogen and oxygen atoms in total. The van der Waals surface area contributed by atoms with E-state index in [1.54, 1.807) is 44.6 Å². The van der Waals surface area contributed by atoms with Crippen LogP contribution in [0.15, 0.2) is 65.5 Å². The SMILES string of the molecule is COc1ccc(NC(=O)Cn2nc(-c3ccccc3OC)ccc2=O)cc1. The fourth-order valence-corrected chi connectivity index (χ4v) is 2.57. The molecule has 0 fully saturated rings. The van der Waals surface area contributed by atoms with Crippen molar-refractivity contribution >= 4 is 11.6 Å². The van der Waals surface area contributed by atoms with Gasteiger partial charge in [0.1, 0.15) is 18.0 Å². The van der Waals surface area contributed by atoms with Crippen molar-refractivity contribution in [3.63, 3.8) is 0 Å². The molecule has 1 N–H and O–H groups in total. The summed E-state index contributed by atoms with van der Waals surface area (Å²) in [5, 5.41) is 7.04. The van der Waals surface area contributed by atoms with Gasteiger partial charge in [0.15, 0.2) is 0 Å². The minimum atomic E-state index is -0.362. The van der Waals surface area contributed by atoms with Crippen LogP contribution in [0, 0.1) is 0 Å². The number of aromatic nitrogens is 2. The van der Waals surface area contributed by atoms with Gasteiger partial charge in [0.2, 0.25) is 5.91 Å². The third-order valence-corrected chi connectivity index (χ3v) is 3.92. The Morgan fingerprint density at radius 1 is 1.00 bits per heavy atom. The number of nitrogens with zero attached hydrogens (tertiary/aromatic N) is 2. The molecule has 138 valence electrons. The molecule has 3 aromatic rings. The fraction of sp³-hybridized carbons (Fsp3) is 0.150. The van der Waals surface area contributed by atoms with E-state index in [1.165, 1.54) is 6.07 Å². The zero-order chi connectivity index (χ0) is 19.2. The molecular formula is C20H19N3O4. The maximum Gasteiger partial charge on any atom is 0.267 e. The molecule has 0 spiro atoms. The van der Waals surface area contributed by atoms with E-state index in [4.69, 9.17) is 9.47 Å². The number of ether oxygens (including phenoxy) is 2. The van der Waals surface area contributed by atoms with Crippen molar-refractivity contribution in [1.29, 1.82) is 0 Å². The Morgan fingerprint density at radius 3 is 2.44 bits per heavy atom. The molecule has 3 rings (SSSR count). The smallest absolute Gasteiger partial charge is 0.267 e. The highest BCUT2D eigenvalue weighted by molar-refractivity contribution is 5.90. The van der Waals surface area contributed by atoms with Gasteiger partial charge in [-0.25, -0.2) is 4.68 Å². The Hall–Kier alpha value is -3.61. The molecule has 0 saturated carbocycles. The summed E-state index contributed by atoms with van der Waals surface area (Å²) in [5.41, 5.74) is 1.53. The van der Waals surface area contributed by atoms with E-state index in [9.17, 15) is 9.59 Å². The highest BCUT2D eigenvalue weighted by atomic mass is 16.5. The van der Waals surface area contributed by atoms with Crippen molar-refractivity contribution < 1.29 is 14.3 Å². The van der Waals surface area contributed by atoms with E-state index in [1.807, 2.05) is 24.3 Å². The number of hydrogen-bond acceptors (Lipinski definition) is 5. The first-order valence-corrected chi connectivity index (χ1v) is 8.26. The van der Waals surface area contributed by atoms with Crippen LogP contribution in [0.25, 0.3) is 11.3 Å². The zero-order valence-electron chi connectivity index (χ0n) is 15.0. The van der Waals surface area contributed by atoms with Crippen LogP contribution < -0.4 is 20.3 Å². The third kappa shape index (κ3) is 4.33. The standard InChI is InChI=1S/C20H19N3O4/c1-26-15-9-7-14(8-10-15)21-19(24)13-23-20(25)12-11-17(22-23)16-5-3-4-6-18(16)27-2/h3-12H,13H2,1-2H3,(H,21,24). The molecule has 1 aromatic heterocycles. The van der Waals surface area contributed by atoms with Crippen LogP contribution in [-0.4, -0.2) is 29.9 Å². The van der Waals surface area contributed by atoms with Gasteiger partial charge in [-0.05, 0) is 42.5 Å². The minimum absolute atomic E-state index is 0.201. The number of anilines is 1. The number of para-hydroxylation sites is 1. The van der Waals surface area contributed by atoms with Crippen molar-refractivity contribution in [2.75, 3.05) is 19.5 Å². The van der Waals surface area contributed by atoms with Gasteiger partial charge in [-0.1, -0.05) is 12.1 Å². The largest absolute Gasteiger partial charge is 0.497 e. The summed E-state index contributed by atoms with van der Waals surface area (Å²) < 4.78 is 11.5. The summed E-state index contributed by atoms with van der Waals surface area (Å²) in [7, 11) is 3.14. The second-order valence-electron chi connectivity index (χ2n) is 5.69. The lowest BCUT2D eigenvalue weighted by Crippen LogP contribution is -2.29. The van der Waals surface area contributed by atoms with Crippen LogP contribution in [0.5, 0.6) is 11.5 Å². The first-order valence-electron chi connectivity index (χ1n) is 8.26. The quantitative estimate of drug-likeness (QED) is 0.726. The predicted molar refractivity (Wildman–Crippen MR) is 102 cm³/mol. The van der Waals surface area contributed by atoms with Crippen molar-refractivity contribution in [1.82, 2.24) is 9.78 Å². The molecule has 2 aromatic carbocycles. The normalized spacial score (nSPS) is 10.3. The number of nitrogens with one attached hydrogen (secondary N) is 1. The highest BCUT2D eigenvalue weighted by Crippen LogP contribution is 2.27. The van der Waals surface area contributed by atoms with Gasteiger partial charge in [-0.3, -0.25) is 9.59 Å². The molecule has 0 aliphatic heterocycles. The summed E-state index contributed by atoms with van der Waals surface area (Å²) in [6.07, 6.45) is 0. The third-order valence-electron chi connectivity index (χ3n) is 3.92. The molecule has 0 unspecified atom stereocenters. The predicted octanol–water partition coefficient (Wildman–Crippen LogP) is 2.57. The van der Waals surface area contributed by atoms with E-state index in [0.717, 1.165) is 10.2 Å². The monoisotopic (exact) mass is 365 g/mol. The number of hydrogen-bond donors (Lipinski definition) is 1. The Balaban J connectivity index is 1.80. The average molecular weight is 365 g/mol.